The molecular weight excluding hydrogens is 703 g/mol. The van der Waals surface area contributed by atoms with Crippen LogP contribution >= 0.6 is 0 Å². The van der Waals surface area contributed by atoms with Gasteiger partial charge in [-0.1, -0.05) is 127 Å². The maximum atomic E-state index is 6.57. The lowest BCUT2D eigenvalue weighted by atomic mass is 9.94. The molecule has 0 amide bonds. The second-order valence-corrected chi connectivity index (χ2v) is 14.3. The Labute approximate surface area is 325 Å². The number of hydrogen-bond donors (Lipinski definition) is 0. The smallest absolute Gasteiger partial charge is 0.167 e. The van der Waals surface area contributed by atoms with Crippen molar-refractivity contribution < 1.29 is 13.3 Å². The topological polar surface area (TPSA) is 78.1 Å². The highest BCUT2D eigenvalue weighted by Gasteiger charge is 2.20. The molecule has 0 spiro atoms. The fourth-order valence-electron chi connectivity index (χ4n) is 8.26. The number of hydrogen-bond acceptors (Lipinski definition) is 6. The van der Waals surface area contributed by atoms with E-state index in [0.29, 0.717) is 17.5 Å². The van der Waals surface area contributed by atoms with Crippen molar-refractivity contribution in [3.63, 3.8) is 0 Å². The van der Waals surface area contributed by atoms with Crippen LogP contribution in [0.4, 0.5) is 0 Å². The maximum Gasteiger partial charge on any atom is 0.167 e. The number of para-hydroxylation sites is 3. The third-order valence-electron chi connectivity index (χ3n) is 11.0. The highest BCUT2D eigenvalue weighted by molar-refractivity contribution is 6.17. The summed E-state index contributed by atoms with van der Waals surface area (Å²) < 4.78 is 19.5. The molecule has 12 aromatic rings. The summed E-state index contributed by atoms with van der Waals surface area (Å²) in [6, 6.07) is 59.8. The van der Waals surface area contributed by atoms with Crippen molar-refractivity contribution in [3.8, 4) is 56.4 Å². The summed E-state index contributed by atoms with van der Waals surface area (Å²) in [4.78, 5) is 15.1. The van der Waals surface area contributed by atoms with E-state index in [2.05, 4.69) is 91.0 Å². The molecule has 0 unspecified atom stereocenters. The van der Waals surface area contributed by atoms with Crippen LogP contribution in [0.25, 0.3) is 122 Å². The third kappa shape index (κ3) is 5.01. The van der Waals surface area contributed by atoms with E-state index in [0.717, 1.165) is 105 Å². The van der Waals surface area contributed by atoms with Gasteiger partial charge in [0.1, 0.15) is 33.5 Å². The summed E-state index contributed by atoms with van der Waals surface area (Å²) in [5.41, 5.74) is 11.8. The molecular formula is C51H29N3O3. The second kappa shape index (κ2) is 12.3. The molecule has 0 saturated heterocycles. The Morgan fingerprint density at radius 2 is 0.877 bits per heavy atom. The number of fused-ring (bicyclic) bond motifs is 9. The van der Waals surface area contributed by atoms with Gasteiger partial charge in [0.05, 0.1) is 5.56 Å². The molecule has 0 N–H and O–H groups in total. The molecule has 0 saturated carbocycles. The van der Waals surface area contributed by atoms with Gasteiger partial charge in [-0.05, 0) is 65.2 Å². The average Bonchev–Trinajstić information content (AvgIpc) is 3.98. The van der Waals surface area contributed by atoms with Crippen molar-refractivity contribution in [2.24, 2.45) is 0 Å². The molecule has 4 heterocycles. The summed E-state index contributed by atoms with van der Waals surface area (Å²) in [6.45, 7) is 0. The minimum absolute atomic E-state index is 0.536. The van der Waals surface area contributed by atoms with Crippen molar-refractivity contribution in [2.45, 2.75) is 0 Å². The van der Waals surface area contributed by atoms with E-state index in [4.69, 9.17) is 28.2 Å². The molecule has 0 atom stereocenters. The van der Waals surface area contributed by atoms with Gasteiger partial charge in [0.15, 0.2) is 17.5 Å². The minimum atomic E-state index is 0.536. The van der Waals surface area contributed by atoms with Crippen molar-refractivity contribution >= 4 is 65.8 Å². The molecule has 0 fully saturated rings. The molecule has 8 aromatic carbocycles. The first-order valence-electron chi connectivity index (χ1n) is 18.9. The monoisotopic (exact) mass is 731 g/mol. The second-order valence-electron chi connectivity index (χ2n) is 14.3. The quantitative estimate of drug-likeness (QED) is 0.175. The lowest BCUT2D eigenvalue weighted by Crippen LogP contribution is -2.00. The SMILES string of the molecule is c1ccc(-c2nc(-c3ccc4c(c3)oc3ccc(-c5ccc(-c6ccccc6)c6oc7ccccc7c56)cc34)nc(-c3cccc4c3oc3ccccc34)n2)cc1. The molecule has 0 aliphatic carbocycles. The third-order valence-corrected chi connectivity index (χ3v) is 11.0. The van der Waals surface area contributed by atoms with Gasteiger partial charge in [0.25, 0.3) is 0 Å². The van der Waals surface area contributed by atoms with Crippen LogP contribution in [0, 0.1) is 0 Å². The van der Waals surface area contributed by atoms with Crippen molar-refractivity contribution in [1.29, 1.82) is 0 Å². The molecule has 0 aliphatic rings. The maximum absolute atomic E-state index is 6.57. The van der Waals surface area contributed by atoms with Gasteiger partial charge < -0.3 is 13.3 Å². The predicted molar refractivity (Wildman–Crippen MR) is 229 cm³/mol. The number of nitrogens with zero attached hydrogens (tertiary/aromatic N) is 3. The molecule has 6 nitrogen and oxygen atoms in total. The van der Waals surface area contributed by atoms with Crippen LogP contribution in [0.5, 0.6) is 0 Å². The molecule has 4 aromatic heterocycles. The first-order valence-corrected chi connectivity index (χ1v) is 18.9. The Hall–Kier alpha value is -7.83. The molecule has 0 radical (unpaired) electrons. The molecule has 12 rings (SSSR count). The first kappa shape index (κ1) is 31.5. The fraction of sp³-hybridized carbons (Fsp3) is 0. The lowest BCUT2D eigenvalue weighted by Gasteiger charge is -2.09. The van der Waals surface area contributed by atoms with Crippen molar-refractivity contribution in [1.82, 2.24) is 15.0 Å². The van der Waals surface area contributed by atoms with Gasteiger partial charge in [-0.3, -0.25) is 0 Å². The first-order chi connectivity index (χ1) is 28.2. The van der Waals surface area contributed by atoms with Gasteiger partial charge in [-0.15, -0.1) is 0 Å². The zero-order valence-corrected chi connectivity index (χ0v) is 30.3. The molecule has 6 heteroatoms. The van der Waals surface area contributed by atoms with Crippen LogP contribution < -0.4 is 0 Å². The largest absolute Gasteiger partial charge is 0.456 e. The standard InChI is InChI=1S/C51H29N3O3/c1-3-12-30(13-4-1)35-26-25-34(46-39-17-8-10-21-43(39)57-48(35)46)32-23-27-44-41(28-32)37-24-22-33(29-45(37)55-44)50-52-49(31-14-5-2-6-15-31)53-51(54-50)40-19-11-18-38-36-16-7-9-20-42(36)56-47(38)40/h1-29H. The van der Waals surface area contributed by atoms with Gasteiger partial charge in [-0.25, -0.2) is 15.0 Å². The Bertz CT molecular complexity index is 3530. The number of furan rings is 3. The minimum Gasteiger partial charge on any atom is -0.456 e. The van der Waals surface area contributed by atoms with Crippen LogP contribution in [0.3, 0.4) is 0 Å². The van der Waals surface area contributed by atoms with E-state index >= 15 is 0 Å². The zero-order chi connectivity index (χ0) is 37.5. The van der Waals surface area contributed by atoms with Crippen molar-refractivity contribution in [2.75, 3.05) is 0 Å². The summed E-state index contributed by atoms with van der Waals surface area (Å²) >= 11 is 0. The van der Waals surface area contributed by atoms with E-state index < -0.39 is 0 Å². The van der Waals surface area contributed by atoms with E-state index in [1.165, 1.54) is 0 Å². The molecule has 0 bridgehead atoms. The molecule has 57 heavy (non-hydrogen) atoms. The fourth-order valence-corrected chi connectivity index (χ4v) is 8.26. The summed E-state index contributed by atoms with van der Waals surface area (Å²) in [6.07, 6.45) is 0. The van der Waals surface area contributed by atoms with Crippen LogP contribution in [0.15, 0.2) is 189 Å². The highest BCUT2D eigenvalue weighted by Crippen LogP contribution is 2.43. The van der Waals surface area contributed by atoms with Crippen LogP contribution in [-0.4, -0.2) is 15.0 Å². The van der Waals surface area contributed by atoms with Crippen LogP contribution in [-0.2, 0) is 0 Å². The summed E-state index contributed by atoms with van der Waals surface area (Å²) in [7, 11) is 0. The Kier molecular flexibility index (Phi) is 6.83. The molecule has 266 valence electrons. The van der Waals surface area contributed by atoms with E-state index in [9.17, 15) is 0 Å². The summed E-state index contributed by atoms with van der Waals surface area (Å²) in [5.74, 6) is 1.66. The number of benzene rings is 8. The number of aromatic nitrogens is 3. The Morgan fingerprint density at radius 3 is 1.70 bits per heavy atom. The van der Waals surface area contributed by atoms with Crippen LogP contribution in [0.2, 0.25) is 0 Å². The van der Waals surface area contributed by atoms with E-state index in [-0.39, 0.29) is 0 Å². The van der Waals surface area contributed by atoms with E-state index in [1.807, 2.05) is 84.9 Å². The normalized spacial score (nSPS) is 11.9. The van der Waals surface area contributed by atoms with Gasteiger partial charge in [0, 0.05) is 49.0 Å². The van der Waals surface area contributed by atoms with Crippen molar-refractivity contribution in [3.05, 3.63) is 176 Å². The lowest BCUT2D eigenvalue weighted by molar-refractivity contribution is 0.668. The summed E-state index contributed by atoms with van der Waals surface area (Å²) in [5, 5.41) is 6.29. The van der Waals surface area contributed by atoms with Gasteiger partial charge in [-0.2, -0.15) is 0 Å². The average molecular weight is 732 g/mol. The van der Waals surface area contributed by atoms with E-state index in [1.54, 1.807) is 0 Å². The predicted octanol–water partition coefficient (Wildman–Crippen LogP) is 13.9. The Balaban J connectivity index is 1.01. The van der Waals surface area contributed by atoms with Crippen LogP contribution in [0.1, 0.15) is 0 Å². The van der Waals surface area contributed by atoms with Gasteiger partial charge >= 0.3 is 0 Å². The van der Waals surface area contributed by atoms with Gasteiger partial charge in [0.2, 0.25) is 0 Å². The molecule has 0 aliphatic heterocycles. The zero-order valence-electron chi connectivity index (χ0n) is 30.3. The highest BCUT2D eigenvalue weighted by atomic mass is 16.3. The Morgan fingerprint density at radius 1 is 0.281 bits per heavy atom. The number of rotatable bonds is 5.